The van der Waals surface area contributed by atoms with Gasteiger partial charge in [0, 0.05) is 32.3 Å². The lowest BCUT2D eigenvalue weighted by Gasteiger charge is -2.08. The van der Waals surface area contributed by atoms with Crippen molar-refractivity contribution < 1.29 is 0 Å². The van der Waals surface area contributed by atoms with Gasteiger partial charge in [-0.05, 0) is 38.1 Å². The van der Waals surface area contributed by atoms with Gasteiger partial charge in [-0.25, -0.2) is 0 Å². The van der Waals surface area contributed by atoms with Gasteiger partial charge in [0.2, 0.25) is 0 Å². The van der Waals surface area contributed by atoms with Crippen molar-refractivity contribution in [2.24, 2.45) is 0 Å². The molecular formula is C32H26N2. The van der Waals surface area contributed by atoms with Gasteiger partial charge in [0.1, 0.15) is 0 Å². The number of benzene rings is 3. The highest BCUT2D eigenvalue weighted by atomic mass is 15.0. The van der Waals surface area contributed by atoms with Crippen LogP contribution in [-0.4, -0.2) is 8.80 Å². The standard InChI is InChI=1S/C32H26N2/c1-5-13-25-23-15-7-9-17-27(23)33-29-19-11-12-20-30(29)34-28-18-10-8-16-24(28)26(14-6-2)32(34)22(4)21(3)31(25)33/h5-20H,3-4H2,1-2H3/b13-5-,14-6-. The molecule has 0 atom stereocenters. The SMILES string of the molecule is C=c1c(=C)c2c(/C=C\C)c3ccccc3n2c2ccccc2n2c1c(/C=C\C)c1ccccc12. The summed E-state index contributed by atoms with van der Waals surface area (Å²) < 4.78 is 4.72. The smallest absolute Gasteiger partial charge is 0.0703 e. The number of hydrogen-bond acceptors (Lipinski definition) is 0. The molecule has 6 rings (SSSR count). The largest absolute Gasteiger partial charge is 0.307 e. The molecule has 0 saturated carbocycles. The van der Waals surface area contributed by atoms with Gasteiger partial charge in [-0.1, -0.05) is 86.0 Å². The lowest BCUT2D eigenvalue weighted by Crippen LogP contribution is -2.25. The molecule has 0 unspecified atom stereocenters. The molecule has 2 nitrogen and oxygen atoms in total. The monoisotopic (exact) mass is 438 g/mol. The van der Waals surface area contributed by atoms with Gasteiger partial charge in [0.15, 0.2) is 0 Å². The summed E-state index contributed by atoms with van der Waals surface area (Å²) in [5.74, 6) is 0. The summed E-state index contributed by atoms with van der Waals surface area (Å²) in [7, 11) is 0. The molecule has 164 valence electrons. The Balaban J connectivity index is 2.12. The summed E-state index contributed by atoms with van der Waals surface area (Å²) >= 11 is 0. The number of hydrogen-bond donors (Lipinski definition) is 0. The third-order valence-corrected chi connectivity index (χ3v) is 6.79. The predicted octanol–water partition coefficient (Wildman–Crippen LogP) is 7.10. The number of aromatic nitrogens is 2. The Labute approximate surface area is 198 Å². The van der Waals surface area contributed by atoms with Gasteiger partial charge in [0.25, 0.3) is 0 Å². The van der Waals surface area contributed by atoms with Crippen molar-refractivity contribution in [3.63, 3.8) is 0 Å². The first kappa shape index (κ1) is 20.3. The normalized spacial score (nSPS) is 12.4. The molecule has 3 heterocycles. The molecule has 2 heteroatoms. The third kappa shape index (κ3) is 2.63. The number of allylic oxidation sites excluding steroid dienone is 2. The van der Waals surface area contributed by atoms with E-state index in [-0.39, 0.29) is 0 Å². The molecule has 34 heavy (non-hydrogen) atoms. The van der Waals surface area contributed by atoms with Gasteiger partial charge >= 0.3 is 0 Å². The van der Waals surface area contributed by atoms with Crippen molar-refractivity contribution in [1.29, 1.82) is 0 Å². The molecule has 0 aliphatic carbocycles. The molecule has 0 fully saturated rings. The lowest BCUT2D eigenvalue weighted by atomic mass is 10.1. The van der Waals surface area contributed by atoms with Crippen LogP contribution in [0.2, 0.25) is 0 Å². The molecular weight excluding hydrogens is 412 g/mol. The van der Waals surface area contributed by atoms with E-state index >= 15 is 0 Å². The third-order valence-electron chi connectivity index (χ3n) is 6.79. The van der Waals surface area contributed by atoms with E-state index in [4.69, 9.17) is 0 Å². The highest BCUT2D eigenvalue weighted by Gasteiger charge is 2.16. The highest BCUT2D eigenvalue weighted by molar-refractivity contribution is 6.05. The van der Waals surface area contributed by atoms with E-state index in [1.807, 2.05) is 0 Å². The van der Waals surface area contributed by atoms with Crippen LogP contribution in [0.4, 0.5) is 0 Å². The second kappa shape index (κ2) is 7.64. The van der Waals surface area contributed by atoms with E-state index in [1.165, 1.54) is 32.9 Å². The minimum Gasteiger partial charge on any atom is -0.307 e. The first-order valence-corrected chi connectivity index (χ1v) is 11.7. The van der Waals surface area contributed by atoms with E-state index in [9.17, 15) is 0 Å². The van der Waals surface area contributed by atoms with Crippen molar-refractivity contribution in [2.75, 3.05) is 0 Å². The molecule has 0 amide bonds. The van der Waals surface area contributed by atoms with E-state index in [0.717, 1.165) is 32.5 Å². The Morgan fingerprint density at radius 1 is 0.529 bits per heavy atom. The van der Waals surface area contributed by atoms with E-state index < -0.39 is 0 Å². The van der Waals surface area contributed by atoms with Crippen molar-refractivity contribution in [3.05, 3.63) is 107 Å². The quantitative estimate of drug-likeness (QED) is 0.273. The predicted molar refractivity (Wildman–Crippen MR) is 149 cm³/mol. The summed E-state index contributed by atoms with van der Waals surface area (Å²) in [6.45, 7) is 13.4. The summed E-state index contributed by atoms with van der Waals surface area (Å²) in [5, 5.41) is 4.30. The Bertz CT molecular complexity index is 1820. The highest BCUT2D eigenvalue weighted by Crippen LogP contribution is 2.32. The Morgan fingerprint density at radius 2 is 0.882 bits per heavy atom. The maximum absolute atomic E-state index is 4.63. The van der Waals surface area contributed by atoms with Crippen LogP contribution in [0.3, 0.4) is 0 Å². The van der Waals surface area contributed by atoms with Gasteiger partial charge in [-0.3, -0.25) is 0 Å². The minimum atomic E-state index is 0.939. The number of para-hydroxylation sites is 4. The fourth-order valence-electron chi connectivity index (χ4n) is 5.42. The van der Waals surface area contributed by atoms with Crippen LogP contribution in [-0.2, 0) is 0 Å². The van der Waals surface area contributed by atoms with Crippen LogP contribution in [0.5, 0.6) is 0 Å². The molecule has 0 spiro atoms. The molecule has 0 aliphatic heterocycles. The van der Waals surface area contributed by atoms with Crippen molar-refractivity contribution in [2.45, 2.75) is 13.8 Å². The van der Waals surface area contributed by atoms with Crippen LogP contribution < -0.4 is 10.4 Å². The van der Waals surface area contributed by atoms with Crippen LogP contribution in [0.15, 0.2) is 84.9 Å². The van der Waals surface area contributed by atoms with Crippen molar-refractivity contribution in [3.8, 4) is 0 Å². The molecule has 3 aromatic heterocycles. The molecule has 0 bridgehead atoms. The Hall–Kier alpha value is -4.30. The zero-order chi connectivity index (χ0) is 23.4. The Morgan fingerprint density at radius 3 is 1.26 bits per heavy atom. The van der Waals surface area contributed by atoms with E-state index in [2.05, 4.69) is 133 Å². The Kier molecular flexibility index (Phi) is 4.56. The van der Waals surface area contributed by atoms with Crippen molar-refractivity contribution in [1.82, 2.24) is 8.80 Å². The first-order chi connectivity index (χ1) is 16.7. The number of fused-ring (bicyclic) bond motifs is 9. The second-order valence-electron chi connectivity index (χ2n) is 8.68. The summed E-state index contributed by atoms with van der Waals surface area (Å²) in [6, 6.07) is 25.9. The fraction of sp³-hybridized carbons (Fsp3) is 0.0625. The molecule has 0 saturated heterocycles. The molecule has 0 aliphatic rings. The summed E-state index contributed by atoms with van der Waals surface area (Å²) in [6.07, 6.45) is 8.59. The minimum absolute atomic E-state index is 0.939. The zero-order valence-electron chi connectivity index (χ0n) is 19.5. The van der Waals surface area contributed by atoms with Gasteiger partial charge in [-0.2, -0.15) is 0 Å². The fourth-order valence-corrected chi connectivity index (χ4v) is 5.42. The van der Waals surface area contributed by atoms with Crippen LogP contribution in [0.1, 0.15) is 25.0 Å². The van der Waals surface area contributed by atoms with Crippen LogP contribution >= 0.6 is 0 Å². The van der Waals surface area contributed by atoms with Crippen molar-refractivity contribution >= 4 is 69.2 Å². The molecule has 0 N–H and O–H groups in total. The summed E-state index contributed by atoms with van der Waals surface area (Å²) in [5.41, 5.74) is 9.15. The average molecular weight is 439 g/mol. The molecule has 6 aromatic rings. The van der Waals surface area contributed by atoms with E-state index in [0.29, 0.717) is 0 Å². The van der Waals surface area contributed by atoms with Gasteiger partial charge in [0.05, 0.1) is 33.1 Å². The van der Waals surface area contributed by atoms with Gasteiger partial charge in [-0.15, -0.1) is 0 Å². The molecule has 3 aromatic carbocycles. The zero-order valence-corrected chi connectivity index (χ0v) is 19.5. The topological polar surface area (TPSA) is 8.82 Å². The number of nitrogens with zero attached hydrogens (tertiary/aromatic N) is 2. The second-order valence-corrected chi connectivity index (χ2v) is 8.68. The van der Waals surface area contributed by atoms with Gasteiger partial charge < -0.3 is 8.80 Å². The maximum atomic E-state index is 4.63. The first-order valence-electron chi connectivity index (χ1n) is 11.7. The number of rotatable bonds is 2. The summed E-state index contributed by atoms with van der Waals surface area (Å²) in [4.78, 5) is 0. The van der Waals surface area contributed by atoms with E-state index in [1.54, 1.807) is 0 Å². The molecule has 0 radical (unpaired) electrons. The average Bonchev–Trinajstić information content (AvgIpc) is 3.36. The lowest BCUT2D eigenvalue weighted by molar-refractivity contribution is 1.26. The maximum Gasteiger partial charge on any atom is 0.0703 e. The van der Waals surface area contributed by atoms with Crippen LogP contribution in [0, 0.1) is 0 Å². The van der Waals surface area contributed by atoms with Crippen LogP contribution in [0.25, 0.3) is 69.2 Å².